The quantitative estimate of drug-likeness (QED) is 0.0309. The van der Waals surface area contributed by atoms with Gasteiger partial charge in [0.25, 0.3) is 0 Å². The Morgan fingerprint density at radius 2 is 0.925 bits per heavy atom. The van der Waals surface area contributed by atoms with Crippen LogP contribution in [0.1, 0.15) is 267 Å². The summed E-state index contributed by atoms with van der Waals surface area (Å²) in [4.78, 5) is 62.8. The third-order valence-electron chi connectivity index (χ3n) is 22.2. The van der Waals surface area contributed by atoms with Gasteiger partial charge in [0.15, 0.2) is 5.41 Å². The van der Waals surface area contributed by atoms with Gasteiger partial charge in [-0.25, -0.2) is 0 Å². The lowest BCUT2D eigenvalue weighted by molar-refractivity contribution is -0.188. The topological polar surface area (TPSA) is 141 Å². The number of esters is 4. The molecular weight excluding hydrogens is 1160 g/mol. The number of rotatable bonds is 24. The molecule has 8 rings (SSSR count). The van der Waals surface area contributed by atoms with E-state index in [9.17, 15) is 14.7 Å². The molecule has 4 fully saturated rings. The number of phenols is 1. The van der Waals surface area contributed by atoms with Crippen LogP contribution in [0.5, 0.6) is 23.0 Å². The van der Waals surface area contributed by atoms with Crippen LogP contribution in [0.3, 0.4) is 0 Å². The fourth-order valence-electron chi connectivity index (χ4n) is 15.8. The summed E-state index contributed by atoms with van der Waals surface area (Å²) in [6.45, 7) is 32.6. The molecule has 2 heterocycles. The first-order valence-corrected chi connectivity index (χ1v) is 35.7. The average molecular weight is 1280 g/mol. The second kappa shape index (κ2) is 30.1. The maximum atomic E-state index is 15.7. The SMILES string of the molecule is CCCCC[C@H]1CC[C@H](c2ccc(-c3ccc(OC(=O)[C@H]4CC[C@H](C(=O)Oc5ccc(OCCCCCCC(Cc6cc(C(C)(C)C)c(O)c(C(C)(C)C)c6)(C(=O)OC6CC(C)(C)N(C)C(C)(C)C6)C(=O)OC6CC(C)(C)N(C)C(C)(C)C6)cc5)CC4)cc3)cc2)CC1. The van der Waals surface area contributed by atoms with Gasteiger partial charge in [-0.1, -0.05) is 142 Å². The number of nitrogens with zero attached hydrogens (tertiary/aromatic N) is 2. The van der Waals surface area contributed by atoms with Gasteiger partial charge in [-0.15, -0.1) is 0 Å². The van der Waals surface area contributed by atoms with Gasteiger partial charge in [-0.05, 0) is 233 Å². The van der Waals surface area contributed by atoms with Crippen molar-refractivity contribution in [1.82, 2.24) is 9.80 Å². The standard InChI is InChI=1S/C81H118N2O10/c1-18-19-22-25-55-26-28-57(29-27-55)58-30-32-59(33-31-58)60-38-40-64(41-39-60)90-71(85)61-34-36-62(37-35-61)72(86)91-65-44-42-63(43-45-65)89-47-24-21-20-23-46-81(73(87)92-66-51-77(8,9)82(16)78(10,11)52-66,74(88)93-67-53-79(12,13)83(17)80(14,15)54-67)50-56-48-68(75(2,3)4)70(84)69(49-56)76(5,6)7/h30-33,38-45,48-49,55,57,61-62,66-67,84H,18-29,34-37,46-47,50-54H2,1-17H3/t55-,57-,61-,62-. The van der Waals surface area contributed by atoms with E-state index in [1.165, 1.54) is 56.9 Å². The number of carbonyl (C=O) groups excluding carboxylic acids is 4. The lowest BCUT2D eigenvalue weighted by Gasteiger charge is -2.53. The minimum Gasteiger partial charge on any atom is -0.507 e. The summed E-state index contributed by atoms with van der Waals surface area (Å²) in [5, 5.41) is 11.9. The average Bonchev–Trinajstić information content (AvgIpc) is 0.790. The van der Waals surface area contributed by atoms with Crippen molar-refractivity contribution in [3.05, 3.63) is 107 Å². The minimum absolute atomic E-state index is 0.0640. The molecule has 0 unspecified atom stereocenters. The zero-order valence-corrected chi connectivity index (χ0v) is 60.3. The molecule has 4 aromatic rings. The predicted molar refractivity (Wildman–Crippen MR) is 374 cm³/mol. The van der Waals surface area contributed by atoms with Crippen LogP contribution >= 0.6 is 0 Å². The number of hydrogen-bond donors (Lipinski definition) is 1. The Morgan fingerprint density at radius 3 is 1.35 bits per heavy atom. The number of aromatic hydroxyl groups is 1. The summed E-state index contributed by atoms with van der Waals surface area (Å²) < 4.78 is 31.4. The first-order valence-electron chi connectivity index (χ1n) is 35.7. The number of likely N-dealkylation sites (tertiary alicyclic amines) is 2. The van der Waals surface area contributed by atoms with Gasteiger partial charge in [0, 0.05) is 47.8 Å². The van der Waals surface area contributed by atoms with E-state index in [0.29, 0.717) is 87.6 Å². The van der Waals surface area contributed by atoms with E-state index in [4.69, 9.17) is 23.7 Å². The number of benzene rings is 4. The van der Waals surface area contributed by atoms with Crippen LogP contribution in [0.4, 0.5) is 0 Å². The van der Waals surface area contributed by atoms with Gasteiger partial charge in [0.2, 0.25) is 0 Å². The molecule has 512 valence electrons. The first kappa shape index (κ1) is 73.1. The molecular formula is C81H118N2O10. The zero-order chi connectivity index (χ0) is 67.9. The Balaban J connectivity index is 0.844. The second-order valence-corrected chi connectivity index (χ2v) is 33.3. The highest BCUT2D eigenvalue weighted by molar-refractivity contribution is 6.00. The van der Waals surface area contributed by atoms with Crippen LogP contribution in [0.15, 0.2) is 84.9 Å². The minimum atomic E-state index is -1.68. The molecule has 0 bridgehead atoms. The molecule has 2 aliphatic heterocycles. The Hall–Kier alpha value is -5.72. The number of piperidine rings is 2. The maximum absolute atomic E-state index is 15.7. The van der Waals surface area contributed by atoms with E-state index in [2.05, 4.69) is 152 Å². The number of ether oxygens (including phenoxy) is 5. The van der Waals surface area contributed by atoms with Crippen molar-refractivity contribution < 1.29 is 48.0 Å². The summed E-state index contributed by atoms with van der Waals surface area (Å²) in [6.07, 6.45) is 17.6. The lowest BCUT2D eigenvalue weighted by Crippen LogP contribution is -2.61. The predicted octanol–water partition coefficient (Wildman–Crippen LogP) is 18.8. The van der Waals surface area contributed by atoms with Gasteiger partial charge in [0.1, 0.15) is 35.2 Å². The van der Waals surface area contributed by atoms with Gasteiger partial charge >= 0.3 is 23.9 Å². The molecule has 4 aromatic carbocycles. The highest BCUT2D eigenvalue weighted by atomic mass is 16.6. The molecule has 2 saturated carbocycles. The van der Waals surface area contributed by atoms with Crippen molar-refractivity contribution in [2.75, 3.05) is 20.7 Å². The third kappa shape index (κ3) is 18.6. The molecule has 2 saturated heterocycles. The normalized spacial score (nSPS) is 22.2. The van der Waals surface area contributed by atoms with Crippen LogP contribution in [-0.2, 0) is 45.9 Å². The summed E-state index contributed by atoms with van der Waals surface area (Å²) in [7, 11) is 4.26. The van der Waals surface area contributed by atoms with Crippen molar-refractivity contribution in [2.24, 2.45) is 23.2 Å². The van der Waals surface area contributed by atoms with Crippen molar-refractivity contribution in [3.8, 4) is 34.1 Å². The van der Waals surface area contributed by atoms with Gasteiger partial charge in [0.05, 0.1) is 18.4 Å². The Bertz CT molecular complexity index is 3000. The summed E-state index contributed by atoms with van der Waals surface area (Å²) in [6, 6.07) is 27.9. The lowest BCUT2D eigenvalue weighted by atomic mass is 9.73. The fourth-order valence-corrected chi connectivity index (χ4v) is 15.8. The Morgan fingerprint density at radius 1 is 0.516 bits per heavy atom. The van der Waals surface area contributed by atoms with Crippen LogP contribution in [0.2, 0.25) is 0 Å². The molecule has 4 aliphatic rings. The molecule has 0 radical (unpaired) electrons. The van der Waals surface area contributed by atoms with Gasteiger partial charge < -0.3 is 28.8 Å². The smallest absolute Gasteiger partial charge is 0.324 e. The molecule has 12 nitrogen and oxygen atoms in total. The summed E-state index contributed by atoms with van der Waals surface area (Å²) >= 11 is 0. The van der Waals surface area contributed by atoms with E-state index in [-0.39, 0.29) is 64.5 Å². The zero-order valence-electron chi connectivity index (χ0n) is 60.3. The first-order chi connectivity index (χ1) is 43.6. The Labute approximate surface area is 560 Å². The van der Waals surface area contributed by atoms with E-state index in [1.54, 1.807) is 12.1 Å². The molecule has 0 spiro atoms. The monoisotopic (exact) mass is 1280 g/mol. The Kier molecular flexibility index (Phi) is 23.7. The van der Waals surface area contributed by atoms with Crippen molar-refractivity contribution >= 4 is 23.9 Å². The van der Waals surface area contributed by atoms with E-state index in [1.807, 2.05) is 48.5 Å². The van der Waals surface area contributed by atoms with Crippen molar-refractivity contribution in [1.29, 1.82) is 0 Å². The van der Waals surface area contributed by atoms with Crippen molar-refractivity contribution in [2.45, 2.75) is 296 Å². The molecule has 12 heteroatoms. The third-order valence-corrected chi connectivity index (χ3v) is 22.2. The van der Waals surface area contributed by atoms with Crippen LogP contribution in [-0.4, -0.2) is 93.8 Å². The number of hydrogen-bond acceptors (Lipinski definition) is 12. The fraction of sp³-hybridized carbons (Fsp3) is 0.654. The maximum Gasteiger partial charge on any atom is 0.324 e. The van der Waals surface area contributed by atoms with Gasteiger partial charge in [-0.3, -0.25) is 29.0 Å². The van der Waals surface area contributed by atoms with Crippen LogP contribution in [0, 0.1) is 23.2 Å². The second-order valence-electron chi connectivity index (χ2n) is 33.3. The highest BCUT2D eigenvalue weighted by Crippen LogP contribution is 2.47. The highest BCUT2D eigenvalue weighted by Gasteiger charge is 2.54. The molecule has 1 N–H and O–H groups in total. The molecule has 0 atom stereocenters. The van der Waals surface area contributed by atoms with E-state index in [0.717, 1.165) is 53.0 Å². The van der Waals surface area contributed by atoms with Crippen LogP contribution in [0.25, 0.3) is 11.1 Å². The largest absolute Gasteiger partial charge is 0.507 e. The van der Waals surface area contributed by atoms with E-state index >= 15 is 9.59 Å². The number of phenolic OH excluding ortho intramolecular Hbond substituents is 1. The molecule has 93 heavy (non-hydrogen) atoms. The molecule has 0 aromatic heterocycles. The van der Waals surface area contributed by atoms with E-state index < -0.39 is 40.4 Å². The number of unbranched alkanes of at least 4 members (excludes halogenated alkanes) is 5. The van der Waals surface area contributed by atoms with Crippen molar-refractivity contribution in [3.63, 3.8) is 0 Å². The molecule has 2 aliphatic carbocycles. The molecule has 0 amide bonds. The van der Waals surface area contributed by atoms with Crippen LogP contribution < -0.4 is 14.2 Å². The number of carbonyl (C=O) groups is 4. The van der Waals surface area contributed by atoms with Gasteiger partial charge in [-0.2, -0.15) is 0 Å². The summed E-state index contributed by atoms with van der Waals surface area (Å²) in [5.41, 5.74) is 2.38. The summed E-state index contributed by atoms with van der Waals surface area (Å²) in [5.74, 6) is 1.18.